The number of imidazole rings is 1. The highest BCUT2D eigenvalue weighted by atomic mass is 19.4. The number of methoxy groups -OCH3 is 1. The molecule has 0 aliphatic heterocycles. The van der Waals surface area contributed by atoms with Gasteiger partial charge in [0.25, 0.3) is 0 Å². The normalized spacial score (nSPS) is 17.3. The van der Waals surface area contributed by atoms with Gasteiger partial charge in [-0.1, -0.05) is 18.2 Å². The first kappa shape index (κ1) is 26.5. The van der Waals surface area contributed by atoms with Gasteiger partial charge in [-0.3, -0.25) is 0 Å². The molecule has 1 fully saturated rings. The lowest BCUT2D eigenvalue weighted by Crippen LogP contribution is -2.13. The zero-order valence-electron chi connectivity index (χ0n) is 21.8. The molecule has 3 heterocycles. The molecule has 5 rings (SSSR count). The van der Waals surface area contributed by atoms with E-state index in [2.05, 4.69) is 25.3 Å². The molecule has 3 aromatic rings. The lowest BCUT2D eigenvalue weighted by Gasteiger charge is -2.20. The van der Waals surface area contributed by atoms with Gasteiger partial charge in [-0.25, -0.2) is 24.9 Å². The van der Waals surface area contributed by atoms with Crippen molar-refractivity contribution in [3.05, 3.63) is 65.3 Å². The van der Waals surface area contributed by atoms with Crippen molar-refractivity contribution < 1.29 is 17.9 Å². The molecular formula is C27H29F3N8O. The molecule has 1 atom stereocenters. The quantitative estimate of drug-likeness (QED) is 0.336. The average molecular weight is 539 g/mol. The second kappa shape index (κ2) is 10.6. The minimum atomic E-state index is -4.49. The standard InChI is InChI=1S/C27H29F3N8O/c1-15(2)38-13-20(27(28,29)30)36-25(38)18-6-4-16(5-7-18)11-32-23-19(10-31)12-33-24(37-23)21-22(17-8-9-17)34-14-35-26(21)39-3/h4-6,10,12-15,17-18,31H,7-9,11H2,1-3H3,(H,32,33,37). The molecule has 1 unspecified atom stereocenters. The molecule has 0 radical (unpaired) electrons. The van der Waals surface area contributed by atoms with Crippen molar-refractivity contribution in [2.24, 2.45) is 0 Å². The molecule has 9 nitrogen and oxygen atoms in total. The monoisotopic (exact) mass is 538 g/mol. The highest BCUT2D eigenvalue weighted by molar-refractivity contribution is 5.84. The van der Waals surface area contributed by atoms with Crippen LogP contribution in [-0.2, 0) is 6.18 Å². The molecule has 0 aromatic carbocycles. The second-order valence-corrected chi connectivity index (χ2v) is 9.88. The van der Waals surface area contributed by atoms with Crippen LogP contribution in [-0.4, -0.2) is 49.4 Å². The smallest absolute Gasteiger partial charge is 0.434 e. The number of ether oxygens (including phenoxy) is 1. The van der Waals surface area contributed by atoms with E-state index in [0.717, 1.165) is 30.3 Å². The zero-order valence-corrected chi connectivity index (χ0v) is 21.8. The number of rotatable bonds is 9. The number of allylic oxidation sites excluding steroid dienone is 2. The van der Waals surface area contributed by atoms with Gasteiger partial charge in [0.05, 0.1) is 18.4 Å². The number of halogens is 3. The fourth-order valence-electron chi connectivity index (χ4n) is 4.58. The van der Waals surface area contributed by atoms with E-state index in [9.17, 15) is 13.2 Å². The van der Waals surface area contributed by atoms with Gasteiger partial charge in [-0.05, 0) is 38.7 Å². The van der Waals surface area contributed by atoms with Crippen molar-refractivity contribution in [2.75, 3.05) is 19.0 Å². The van der Waals surface area contributed by atoms with Crippen LogP contribution in [0.4, 0.5) is 19.0 Å². The number of hydrogen-bond acceptors (Lipinski definition) is 8. The predicted molar refractivity (Wildman–Crippen MR) is 140 cm³/mol. The van der Waals surface area contributed by atoms with Crippen LogP contribution in [0.3, 0.4) is 0 Å². The molecule has 2 aliphatic rings. The first-order valence-corrected chi connectivity index (χ1v) is 12.7. The van der Waals surface area contributed by atoms with E-state index in [4.69, 9.17) is 15.1 Å². The van der Waals surface area contributed by atoms with E-state index in [1.165, 1.54) is 12.5 Å². The van der Waals surface area contributed by atoms with Gasteiger partial charge in [0.15, 0.2) is 11.5 Å². The van der Waals surface area contributed by atoms with Gasteiger partial charge in [-0.2, -0.15) is 13.2 Å². The highest BCUT2D eigenvalue weighted by Gasteiger charge is 2.36. The summed E-state index contributed by atoms with van der Waals surface area (Å²) in [5, 5.41) is 11.1. The van der Waals surface area contributed by atoms with Crippen molar-refractivity contribution >= 4 is 12.0 Å². The van der Waals surface area contributed by atoms with E-state index in [1.807, 2.05) is 32.1 Å². The maximum atomic E-state index is 13.3. The summed E-state index contributed by atoms with van der Waals surface area (Å²) in [5.74, 6) is 1.75. The molecule has 3 aromatic heterocycles. The summed E-state index contributed by atoms with van der Waals surface area (Å²) in [7, 11) is 1.54. The maximum absolute atomic E-state index is 13.3. The molecule has 2 N–H and O–H groups in total. The van der Waals surface area contributed by atoms with Gasteiger partial charge in [0, 0.05) is 43.0 Å². The Bertz CT molecular complexity index is 1440. The number of nitrogens with one attached hydrogen (secondary N) is 2. The van der Waals surface area contributed by atoms with E-state index >= 15 is 0 Å². The summed E-state index contributed by atoms with van der Waals surface area (Å²) in [4.78, 5) is 21.8. The number of hydrogen-bond donors (Lipinski definition) is 2. The van der Waals surface area contributed by atoms with E-state index in [-0.39, 0.29) is 12.0 Å². The van der Waals surface area contributed by atoms with Crippen LogP contribution < -0.4 is 10.1 Å². The first-order chi connectivity index (χ1) is 18.7. The summed E-state index contributed by atoms with van der Waals surface area (Å²) in [6.45, 7) is 4.08. The van der Waals surface area contributed by atoms with Gasteiger partial charge in [-0.15, -0.1) is 0 Å². The predicted octanol–water partition coefficient (Wildman–Crippen LogP) is 5.70. The van der Waals surface area contributed by atoms with Crippen LogP contribution in [0.25, 0.3) is 11.4 Å². The Morgan fingerprint density at radius 2 is 2.00 bits per heavy atom. The molecule has 0 bridgehead atoms. The second-order valence-electron chi connectivity index (χ2n) is 9.88. The summed E-state index contributed by atoms with van der Waals surface area (Å²) in [5.41, 5.74) is 2.09. The van der Waals surface area contributed by atoms with Crippen molar-refractivity contribution in [3.8, 4) is 17.3 Å². The third kappa shape index (κ3) is 5.55. The maximum Gasteiger partial charge on any atom is 0.434 e. The van der Waals surface area contributed by atoms with Crippen molar-refractivity contribution in [1.29, 1.82) is 5.41 Å². The molecule has 12 heteroatoms. The summed E-state index contributed by atoms with van der Waals surface area (Å²) < 4.78 is 46.9. The number of aromatic nitrogens is 6. The van der Waals surface area contributed by atoms with Crippen LogP contribution in [0.15, 0.2) is 42.5 Å². The summed E-state index contributed by atoms with van der Waals surface area (Å²) in [6.07, 6.45) is 9.17. The van der Waals surface area contributed by atoms with Crippen LogP contribution in [0.2, 0.25) is 0 Å². The molecule has 1 saturated carbocycles. The molecule has 0 saturated heterocycles. The Kier molecular flexibility index (Phi) is 7.19. The SMILES string of the molecule is COc1ncnc(C2CC2)c1-c1ncc(C=N)c(NCC2=CCC(c3nc(C(F)(F)F)cn3C(C)C)C=C2)n1. The van der Waals surface area contributed by atoms with E-state index in [1.54, 1.807) is 17.9 Å². The Hall–Kier alpha value is -4.09. The first-order valence-electron chi connectivity index (χ1n) is 12.7. The van der Waals surface area contributed by atoms with Crippen molar-refractivity contribution in [1.82, 2.24) is 29.5 Å². The Morgan fingerprint density at radius 1 is 1.21 bits per heavy atom. The lowest BCUT2D eigenvalue weighted by atomic mass is 9.95. The summed E-state index contributed by atoms with van der Waals surface area (Å²) >= 11 is 0. The molecule has 204 valence electrons. The Morgan fingerprint density at radius 3 is 2.62 bits per heavy atom. The van der Waals surface area contributed by atoms with Crippen LogP contribution in [0, 0.1) is 5.41 Å². The number of anilines is 1. The van der Waals surface area contributed by atoms with E-state index in [0.29, 0.717) is 53.4 Å². The van der Waals surface area contributed by atoms with E-state index < -0.39 is 11.9 Å². The molecule has 0 amide bonds. The van der Waals surface area contributed by atoms with Gasteiger partial charge in [0.2, 0.25) is 5.88 Å². The lowest BCUT2D eigenvalue weighted by molar-refractivity contribution is -0.141. The molecule has 2 aliphatic carbocycles. The molecular weight excluding hydrogens is 509 g/mol. The van der Waals surface area contributed by atoms with Gasteiger partial charge < -0.3 is 20.0 Å². The van der Waals surface area contributed by atoms with Gasteiger partial charge >= 0.3 is 6.18 Å². The van der Waals surface area contributed by atoms with Crippen LogP contribution >= 0.6 is 0 Å². The fraction of sp³-hybridized carbons (Fsp3) is 0.407. The number of nitrogens with zero attached hydrogens (tertiary/aromatic N) is 6. The topological polar surface area (TPSA) is 114 Å². The largest absolute Gasteiger partial charge is 0.480 e. The Balaban J connectivity index is 1.34. The third-order valence-electron chi connectivity index (χ3n) is 6.77. The van der Waals surface area contributed by atoms with Crippen LogP contribution in [0.5, 0.6) is 5.88 Å². The Labute approximate surface area is 223 Å². The third-order valence-corrected chi connectivity index (χ3v) is 6.77. The highest BCUT2D eigenvalue weighted by Crippen LogP contribution is 2.45. The minimum absolute atomic E-state index is 0.149. The van der Waals surface area contributed by atoms with Crippen molar-refractivity contribution in [3.63, 3.8) is 0 Å². The molecule has 39 heavy (non-hydrogen) atoms. The number of alkyl halides is 3. The zero-order chi connectivity index (χ0) is 27.7. The van der Waals surface area contributed by atoms with Gasteiger partial charge in [0.1, 0.15) is 23.5 Å². The minimum Gasteiger partial charge on any atom is -0.480 e. The summed E-state index contributed by atoms with van der Waals surface area (Å²) in [6, 6.07) is -0.149. The van der Waals surface area contributed by atoms with Crippen LogP contribution in [0.1, 0.15) is 73.8 Å². The fourth-order valence-corrected chi connectivity index (χ4v) is 4.58. The van der Waals surface area contributed by atoms with Crippen molar-refractivity contribution in [2.45, 2.75) is 57.2 Å². The average Bonchev–Trinajstić information content (AvgIpc) is 3.67. The molecule has 0 spiro atoms.